The van der Waals surface area contributed by atoms with Crippen LogP contribution in [-0.4, -0.2) is 21.7 Å². The van der Waals surface area contributed by atoms with Gasteiger partial charge < -0.3 is 12.4 Å². The number of hydrogen-bond donors (Lipinski definition) is 0. The molecule has 12 heavy (non-hydrogen) atoms. The first-order valence-electron chi connectivity index (χ1n) is 4.94. The fourth-order valence-corrected chi connectivity index (χ4v) is 3.75. The van der Waals surface area contributed by atoms with Crippen LogP contribution in [0.5, 0.6) is 0 Å². The summed E-state index contributed by atoms with van der Waals surface area (Å²) in [4.78, 5) is 0. The molecule has 0 aromatic carbocycles. The maximum absolute atomic E-state index is 2.40. The minimum Gasteiger partial charge on any atom is -1.00 e. The van der Waals surface area contributed by atoms with Crippen molar-refractivity contribution in [1.29, 1.82) is 0 Å². The number of hydrogen-bond acceptors (Lipinski definition) is 0. The molecule has 0 aromatic heterocycles. The van der Waals surface area contributed by atoms with Crippen LogP contribution in [0.3, 0.4) is 0 Å². The van der Waals surface area contributed by atoms with Crippen LogP contribution < -0.4 is 12.4 Å². The second-order valence-corrected chi connectivity index (χ2v) is 5.63. The van der Waals surface area contributed by atoms with Crippen LogP contribution in [-0.2, 0) is 0 Å². The Kier molecular flexibility index (Phi) is 6.22. The van der Waals surface area contributed by atoms with Gasteiger partial charge in [0, 0.05) is 0 Å². The predicted molar refractivity (Wildman–Crippen MR) is 50.8 cm³/mol. The van der Waals surface area contributed by atoms with Gasteiger partial charge in [-0.2, -0.15) is 0 Å². The molecule has 1 aliphatic rings. The molecule has 0 saturated heterocycles. The fourth-order valence-electron chi connectivity index (χ4n) is 2.40. The minimum atomic E-state index is 0. The van der Waals surface area contributed by atoms with Crippen LogP contribution in [0.25, 0.3) is 0 Å². The summed E-state index contributed by atoms with van der Waals surface area (Å²) in [6.07, 6.45) is 4.42. The molecule has 0 heterocycles. The molecule has 1 aliphatic carbocycles. The summed E-state index contributed by atoms with van der Waals surface area (Å²) in [5, 5.41) is 0. The van der Waals surface area contributed by atoms with Crippen LogP contribution in [0.4, 0.5) is 0 Å². The standard InChI is InChI=1S/C10H19.ClH.Mg/c1-8(2)10-6-4-9(3)5-7-10;;/h6,8-10H,4-5,7H2,1-3H3;1H;/q;;+1/p-1. The van der Waals surface area contributed by atoms with Crippen molar-refractivity contribution >= 4 is 21.7 Å². The minimum absolute atomic E-state index is 0. The molecule has 68 valence electrons. The molecular formula is C10H19ClMg. The van der Waals surface area contributed by atoms with Crippen molar-refractivity contribution in [2.45, 2.75) is 44.1 Å². The molecule has 0 bridgehead atoms. The van der Waals surface area contributed by atoms with E-state index in [1.165, 1.54) is 19.3 Å². The summed E-state index contributed by atoms with van der Waals surface area (Å²) in [5.41, 5.74) is 0. The summed E-state index contributed by atoms with van der Waals surface area (Å²) in [6.45, 7) is 7.15. The molecule has 3 unspecified atom stereocenters. The number of halogens is 1. The second-order valence-electron chi connectivity index (χ2n) is 4.59. The van der Waals surface area contributed by atoms with Crippen molar-refractivity contribution in [3.05, 3.63) is 0 Å². The van der Waals surface area contributed by atoms with E-state index in [9.17, 15) is 0 Å². The van der Waals surface area contributed by atoms with E-state index in [0.717, 1.165) is 21.8 Å². The zero-order chi connectivity index (χ0) is 8.43. The first-order chi connectivity index (χ1) is 5.11. The molecule has 0 nitrogen and oxygen atoms in total. The molecule has 0 aliphatic heterocycles. The van der Waals surface area contributed by atoms with Crippen LogP contribution in [0.2, 0.25) is 4.05 Å². The largest absolute Gasteiger partial charge is 1.00 e. The molecule has 0 N–H and O–H groups in total. The predicted octanol–water partition coefficient (Wildman–Crippen LogP) is 0.0396. The smallest absolute Gasteiger partial charge is 1.00 e. The zero-order valence-corrected chi connectivity index (χ0v) is 10.7. The topological polar surface area (TPSA) is 0 Å². The van der Waals surface area contributed by atoms with Crippen molar-refractivity contribution in [2.24, 2.45) is 17.8 Å². The summed E-state index contributed by atoms with van der Waals surface area (Å²) >= 11 is 2.23. The van der Waals surface area contributed by atoms with Crippen molar-refractivity contribution in [3.63, 3.8) is 0 Å². The van der Waals surface area contributed by atoms with Gasteiger partial charge in [-0.25, -0.2) is 0 Å². The Bertz CT molecular complexity index is 125. The van der Waals surface area contributed by atoms with Gasteiger partial charge in [0.1, 0.15) is 0 Å². The quantitative estimate of drug-likeness (QED) is 0.523. The number of rotatable bonds is 1. The summed E-state index contributed by atoms with van der Waals surface area (Å²) < 4.78 is 0.999. The second kappa shape index (κ2) is 5.72. The zero-order valence-electron chi connectivity index (χ0n) is 8.52. The van der Waals surface area contributed by atoms with E-state index >= 15 is 0 Å². The maximum Gasteiger partial charge on any atom is -1.00 e. The fraction of sp³-hybridized carbons (Fsp3) is 1.00. The molecule has 2 heteroatoms. The molecule has 1 fully saturated rings. The van der Waals surface area contributed by atoms with E-state index < -0.39 is 0 Å². The summed E-state index contributed by atoms with van der Waals surface area (Å²) in [5.74, 6) is 2.92. The molecule has 0 spiro atoms. The Labute approximate surface area is 95.7 Å². The third kappa shape index (κ3) is 3.43. The Morgan fingerprint density at radius 2 is 1.83 bits per heavy atom. The summed E-state index contributed by atoms with van der Waals surface area (Å²) in [6, 6.07) is 0. The average Bonchev–Trinajstić information content (AvgIpc) is 1.85. The van der Waals surface area contributed by atoms with Crippen LogP contribution in [0.15, 0.2) is 0 Å². The van der Waals surface area contributed by atoms with Crippen LogP contribution in [0, 0.1) is 17.8 Å². The van der Waals surface area contributed by atoms with Gasteiger partial charge in [0.2, 0.25) is 0 Å². The SMILES string of the molecule is CC1CCC(C(C)C)[CH]([Mg+])C1.[Cl-]. The Morgan fingerprint density at radius 1 is 1.25 bits per heavy atom. The molecule has 1 rings (SSSR count). The van der Waals surface area contributed by atoms with Gasteiger partial charge in [-0.05, 0) is 0 Å². The average molecular weight is 199 g/mol. The van der Waals surface area contributed by atoms with Gasteiger partial charge in [-0.15, -0.1) is 0 Å². The Hall–Kier alpha value is 1.06. The first kappa shape index (κ1) is 13.1. The van der Waals surface area contributed by atoms with E-state index in [4.69, 9.17) is 0 Å². The first-order valence-corrected chi connectivity index (χ1v) is 5.76. The van der Waals surface area contributed by atoms with Crippen molar-refractivity contribution in [3.8, 4) is 0 Å². The molecule has 0 radical (unpaired) electrons. The van der Waals surface area contributed by atoms with Crippen molar-refractivity contribution in [1.82, 2.24) is 0 Å². The molecular weight excluding hydrogens is 180 g/mol. The van der Waals surface area contributed by atoms with E-state index in [-0.39, 0.29) is 12.4 Å². The van der Waals surface area contributed by atoms with Gasteiger partial charge in [0.25, 0.3) is 0 Å². The van der Waals surface area contributed by atoms with E-state index in [1.54, 1.807) is 0 Å². The third-order valence-corrected chi connectivity index (χ3v) is 4.10. The van der Waals surface area contributed by atoms with Gasteiger partial charge in [-0.3, -0.25) is 0 Å². The molecule has 1 saturated carbocycles. The summed E-state index contributed by atoms with van der Waals surface area (Å²) in [7, 11) is 0. The third-order valence-electron chi connectivity index (χ3n) is 3.16. The Balaban J connectivity index is 0.00000121. The van der Waals surface area contributed by atoms with Crippen LogP contribution >= 0.6 is 0 Å². The van der Waals surface area contributed by atoms with Gasteiger partial charge in [0.15, 0.2) is 0 Å². The van der Waals surface area contributed by atoms with Crippen LogP contribution in [0.1, 0.15) is 40.0 Å². The van der Waals surface area contributed by atoms with Gasteiger partial charge in [-0.1, -0.05) is 0 Å². The monoisotopic (exact) mass is 198 g/mol. The molecule has 0 aromatic rings. The van der Waals surface area contributed by atoms with E-state index in [1.807, 2.05) is 0 Å². The maximum atomic E-state index is 2.40. The van der Waals surface area contributed by atoms with Gasteiger partial charge >= 0.3 is 83.5 Å². The van der Waals surface area contributed by atoms with E-state index in [0.29, 0.717) is 0 Å². The van der Waals surface area contributed by atoms with Crippen molar-refractivity contribution in [2.75, 3.05) is 0 Å². The van der Waals surface area contributed by atoms with E-state index in [2.05, 4.69) is 42.5 Å². The van der Waals surface area contributed by atoms with Crippen molar-refractivity contribution < 1.29 is 12.4 Å². The molecule has 3 atom stereocenters. The Morgan fingerprint density at radius 3 is 2.25 bits per heavy atom. The molecule has 0 amide bonds. The normalized spacial score (nSPS) is 36.3. The van der Waals surface area contributed by atoms with Gasteiger partial charge in [0.05, 0.1) is 0 Å².